The average molecular weight is 385 g/mol. The van der Waals surface area contributed by atoms with Crippen LogP contribution in [0.2, 0.25) is 0 Å². The number of nitrogens with one attached hydrogen (secondary N) is 1. The Hall–Kier alpha value is -1.82. The summed E-state index contributed by atoms with van der Waals surface area (Å²) >= 11 is 1.67. The molecule has 1 saturated heterocycles. The maximum absolute atomic E-state index is 12.4. The molecular weight excluding hydrogens is 356 g/mol. The second-order valence-electron chi connectivity index (χ2n) is 6.87. The van der Waals surface area contributed by atoms with Crippen LogP contribution >= 0.6 is 11.8 Å². The lowest BCUT2D eigenvalue weighted by Crippen LogP contribution is -2.35. The summed E-state index contributed by atoms with van der Waals surface area (Å²) in [7, 11) is 0. The van der Waals surface area contributed by atoms with E-state index in [1.165, 1.54) is 11.1 Å². The fourth-order valence-electron chi connectivity index (χ4n) is 3.06. The molecule has 4 nitrogen and oxygen atoms in total. The van der Waals surface area contributed by atoms with E-state index in [2.05, 4.69) is 46.6 Å². The Kier molecular flexibility index (Phi) is 7.75. The number of morpholine rings is 1. The number of carbonyl (C=O) groups excluding carboxylic acids is 1. The van der Waals surface area contributed by atoms with Gasteiger partial charge in [0, 0.05) is 31.9 Å². The Balaban J connectivity index is 1.44. The maximum Gasteiger partial charge on any atom is 0.233 e. The highest BCUT2D eigenvalue weighted by Crippen LogP contribution is 2.18. The summed E-state index contributed by atoms with van der Waals surface area (Å²) in [5.41, 5.74) is 3.68. The van der Waals surface area contributed by atoms with Crippen molar-refractivity contribution < 1.29 is 9.53 Å². The topological polar surface area (TPSA) is 41.6 Å². The van der Waals surface area contributed by atoms with Gasteiger partial charge < -0.3 is 10.1 Å². The normalized spacial score (nSPS) is 16.0. The van der Waals surface area contributed by atoms with E-state index in [9.17, 15) is 4.79 Å². The molecule has 1 unspecified atom stereocenters. The lowest BCUT2D eigenvalue weighted by molar-refractivity contribution is -0.120. The van der Waals surface area contributed by atoms with E-state index in [0.29, 0.717) is 6.54 Å². The molecule has 1 amide bonds. The number of rotatable bonds is 8. The zero-order valence-electron chi connectivity index (χ0n) is 15.9. The van der Waals surface area contributed by atoms with Crippen molar-refractivity contribution >= 4 is 17.7 Å². The van der Waals surface area contributed by atoms with Gasteiger partial charge in [0.1, 0.15) is 0 Å². The van der Waals surface area contributed by atoms with Crippen molar-refractivity contribution in [1.82, 2.24) is 10.2 Å². The van der Waals surface area contributed by atoms with E-state index in [1.54, 1.807) is 11.8 Å². The molecule has 1 aliphatic heterocycles. The van der Waals surface area contributed by atoms with Crippen LogP contribution in [0.1, 0.15) is 23.6 Å². The van der Waals surface area contributed by atoms with E-state index < -0.39 is 0 Å². The van der Waals surface area contributed by atoms with Crippen LogP contribution in [0.4, 0.5) is 0 Å². The van der Waals surface area contributed by atoms with Crippen molar-refractivity contribution in [3.63, 3.8) is 0 Å². The molecule has 1 fully saturated rings. The summed E-state index contributed by atoms with van der Waals surface area (Å²) in [6.07, 6.45) is 0. The van der Waals surface area contributed by atoms with Gasteiger partial charge in [-0.05, 0) is 23.6 Å². The van der Waals surface area contributed by atoms with Crippen LogP contribution in [0.3, 0.4) is 0 Å². The molecule has 1 N–H and O–H groups in total. The fraction of sp³-hybridized carbons (Fsp3) is 0.409. The number of ether oxygens (including phenoxy) is 1. The quantitative estimate of drug-likeness (QED) is 0.757. The number of hydrogen-bond acceptors (Lipinski definition) is 4. The van der Waals surface area contributed by atoms with Crippen molar-refractivity contribution in [2.75, 3.05) is 26.3 Å². The van der Waals surface area contributed by atoms with E-state index in [4.69, 9.17) is 4.74 Å². The lowest BCUT2D eigenvalue weighted by Gasteiger charge is -2.26. The van der Waals surface area contributed by atoms with E-state index in [1.807, 2.05) is 25.1 Å². The molecule has 2 aromatic rings. The predicted molar refractivity (Wildman–Crippen MR) is 112 cm³/mol. The molecule has 1 heterocycles. The summed E-state index contributed by atoms with van der Waals surface area (Å²) in [5.74, 6) is 0.944. The Labute approximate surface area is 166 Å². The molecule has 0 spiro atoms. The number of carbonyl (C=O) groups is 1. The Morgan fingerprint density at radius 3 is 2.56 bits per heavy atom. The molecular formula is C22H28N2O2S. The molecule has 0 aromatic heterocycles. The molecule has 0 aliphatic carbocycles. The van der Waals surface area contributed by atoms with Crippen molar-refractivity contribution in [2.24, 2.45) is 0 Å². The number of thioether (sulfide) groups is 1. The largest absolute Gasteiger partial charge is 0.379 e. The maximum atomic E-state index is 12.4. The van der Waals surface area contributed by atoms with Crippen LogP contribution in [-0.4, -0.2) is 42.4 Å². The Bertz CT molecular complexity index is 717. The van der Waals surface area contributed by atoms with Gasteiger partial charge >= 0.3 is 0 Å². The highest BCUT2D eigenvalue weighted by atomic mass is 32.2. The van der Waals surface area contributed by atoms with E-state index >= 15 is 0 Å². The van der Waals surface area contributed by atoms with Crippen molar-refractivity contribution in [3.8, 4) is 0 Å². The monoisotopic (exact) mass is 384 g/mol. The van der Waals surface area contributed by atoms with E-state index in [-0.39, 0.29) is 11.2 Å². The first-order valence-electron chi connectivity index (χ1n) is 9.52. The third-order valence-electron chi connectivity index (χ3n) is 4.68. The number of nitrogens with zero attached hydrogens (tertiary/aromatic N) is 1. The van der Waals surface area contributed by atoms with Crippen molar-refractivity contribution in [2.45, 2.75) is 31.0 Å². The summed E-state index contributed by atoms with van der Waals surface area (Å²) in [4.78, 5) is 14.8. The van der Waals surface area contributed by atoms with Crippen LogP contribution in [0.25, 0.3) is 0 Å². The minimum atomic E-state index is -0.0678. The van der Waals surface area contributed by atoms with Crippen LogP contribution in [-0.2, 0) is 28.4 Å². The molecule has 0 bridgehead atoms. The average Bonchev–Trinajstić information content (AvgIpc) is 2.72. The highest BCUT2D eigenvalue weighted by Gasteiger charge is 2.14. The predicted octanol–water partition coefficient (Wildman–Crippen LogP) is 3.46. The van der Waals surface area contributed by atoms with Gasteiger partial charge in [0.05, 0.1) is 18.5 Å². The van der Waals surface area contributed by atoms with Crippen LogP contribution in [0, 0.1) is 0 Å². The van der Waals surface area contributed by atoms with Crippen LogP contribution < -0.4 is 5.32 Å². The summed E-state index contributed by atoms with van der Waals surface area (Å²) in [6.45, 7) is 7.08. The van der Waals surface area contributed by atoms with Crippen molar-refractivity contribution in [1.29, 1.82) is 0 Å². The van der Waals surface area contributed by atoms with Gasteiger partial charge in [-0.25, -0.2) is 0 Å². The van der Waals surface area contributed by atoms with Gasteiger partial charge in [0.25, 0.3) is 0 Å². The first kappa shape index (κ1) is 19.9. The molecule has 5 heteroatoms. The summed E-state index contributed by atoms with van der Waals surface area (Å²) in [6, 6.07) is 18.8. The zero-order chi connectivity index (χ0) is 18.9. The molecule has 2 aromatic carbocycles. The lowest BCUT2D eigenvalue weighted by atomic mass is 10.1. The van der Waals surface area contributed by atoms with Gasteiger partial charge in [-0.15, -0.1) is 11.8 Å². The molecule has 1 atom stereocenters. The Morgan fingerprint density at radius 2 is 1.78 bits per heavy atom. The number of hydrogen-bond donors (Lipinski definition) is 1. The van der Waals surface area contributed by atoms with Crippen LogP contribution in [0.5, 0.6) is 0 Å². The zero-order valence-corrected chi connectivity index (χ0v) is 16.7. The molecule has 0 radical (unpaired) electrons. The highest BCUT2D eigenvalue weighted by molar-refractivity contribution is 7.99. The first-order chi connectivity index (χ1) is 13.2. The molecule has 1 aliphatic rings. The summed E-state index contributed by atoms with van der Waals surface area (Å²) < 4.78 is 5.41. The van der Waals surface area contributed by atoms with Gasteiger partial charge in [-0.1, -0.05) is 54.6 Å². The third-order valence-corrected chi connectivity index (χ3v) is 5.89. The standard InChI is InChI=1S/C22H28N2O2S/c1-18(27-17-19-6-3-2-4-7-19)22(25)23-15-20-8-5-9-21(14-20)16-24-10-12-26-13-11-24/h2-9,14,18H,10-13,15-17H2,1H3,(H,23,25). The molecule has 27 heavy (non-hydrogen) atoms. The second kappa shape index (κ2) is 10.5. The van der Waals surface area contributed by atoms with Gasteiger partial charge in [-0.3, -0.25) is 9.69 Å². The number of benzene rings is 2. The Morgan fingerprint density at radius 1 is 1.07 bits per heavy atom. The molecule has 144 valence electrons. The molecule has 3 rings (SSSR count). The smallest absolute Gasteiger partial charge is 0.233 e. The van der Waals surface area contributed by atoms with Crippen LogP contribution in [0.15, 0.2) is 54.6 Å². The SMILES string of the molecule is CC(SCc1ccccc1)C(=O)NCc1cccc(CN2CCOCC2)c1. The molecule has 0 saturated carbocycles. The minimum Gasteiger partial charge on any atom is -0.379 e. The second-order valence-corrected chi connectivity index (χ2v) is 8.19. The summed E-state index contributed by atoms with van der Waals surface area (Å²) in [5, 5.41) is 3.00. The minimum absolute atomic E-state index is 0.0678. The number of amides is 1. The fourth-order valence-corrected chi connectivity index (χ4v) is 3.93. The van der Waals surface area contributed by atoms with E-state index in [0.717, 1.165) is 44.2 Å². The van der Waals surface area contributed by atoms with Gasteiger partial charge in [0.2, 0.25) is 5.91 Å². The van der Waals surface area contributed by atoms with Crippen molar-refractivity contribution in [3.05, 3.63) is 71.3 Å². The first-order valence-corrected chi connectivity index (χ1v) is 10.6. The third kappa shape index (κ3) is 6.69. The van der Waals surface area contributed by atoms with Gasteiger partial charge in [-0.2, -0.15) is 0 Å². The van der Waals surface area contributed by atoms with Gasteiger partial charge in [0.15, 0.2) is 0 Å².